The number of pyridine rings is 1. The number of aliphatic hydroxyl groups excluding tert-OH is 1. The quantitative estimate of drug-likeness (QED) is 0.693. The van der Waals surface area contributed by atoms with E-state index in [9.17, 15) is 5.11 Å². The van der Waals surface area contributed by atoms with Crippen molar-refractivity contribution in [3.05, 3.63) is 58.3 Å². The van der Waals surface area contributed by atoms with Crippen molar-refractivity contribution < 1.29 is 5.11 Å². The molecular weight excluding hydrogens is 328 g/mol. The lowest BCUT2D eigenvalue weighted by molar-refractivity contribution is 0.0810. The molecule has 3 aromatic rings. The van der Waals surface area contributed by atoms with Crippen LogP contribution in [0.15, 0.2) is 41.6 Å². The summed E-state index contributed by atoms with van der Waals surface area (Å²) in [5.41, 5.74) is 5.10. The summed E-state index contributed by atoms with van der Waals surface area (Å²) in [7, 11) is 0. The van der Waals surface area contributed by atoms with Gasteiger partial charge >= 0.3 is 0 Å². The normalized spacial score (nSPS) is 25.3. The molecule has 2 aliphatic rings. The van der Waals surface area contributed by atoms with Gasteiger partial charge in [-0.05, 0) is 90.3 Å². The predicted octanol–water partition coefficient (Wildman–Crippen LogP) is 5.28. The van der Waals surface area contributed by atoms with Crippen molar-refractivity contribution in [2.24, 2.45) is 5.92 Å². The Morgan fingerprint density at radius 1 is 1.08 bits per heavy atom. The van der Waals surface area contributed by atoms with Gasteiger partial charge in [0.15, 0.2) is 0 Å². The summed E-state index contributed by atoms with van der Waals surface area (Å²) < 4.78 is 2.06. The van der Waals surface area contributed by atoms with Gasteiger partial charge in [-0.15, -0.1) is 0 Å². The maximum Gasteiger partial charge on any atom is 0.0992 e. The van der Waals surface area contributed by atoms with Crippen LogP contribution in [0.1, 0.15) is 73.2 Å². The summed E-state index contributed by atoms with van der Waals surface area (Å²) in [5, 5.41) is 15.8. The first-order valence-corrected chi connectivity index (χ1v) is 10.4. The second kappa shape index (κ2) is 6.26. The molecule has 2 saturated carbocycles. The minimum atomic E-state index is -0.362. The largest absolute Gasteiger partial charge is 0.388 e. The average molecular weight is 353 g/mol. The number of hydrogen-bond donors (Lipinski definition) is 1. The highest BCUT2D eigenvalue weighted by molar-refractivity contribution is 7.07. The van der Waals surface area contributed by atoms with E-state index in [-0.39, 0.29) is 6.10 Å². The summed E-state index contributed by atoms with van der Waals surface area (Å²) in [6, 6.07) is 4.48. The van der Waals surface area contributed by atoms with Crippen LogP contribution in [0, 0.1) is 5.92 Å². The Kier molecular flexibility index (Phi) is 3.90. The van der Waals surface area contributed by atoms with E-state index in [2.05, 4.69) is 38.5 Å². The van der Waals surface area contributed by atoms with Crippen LogP contribution in [0.5, 0.6) is 0 Å². The van der Waals surface area contributed by atoms with Crippen LogP contribution in [-0.4, -0.2) is 14.5 Å². The number of imidazole rings is 1. The molecule has 1 unspecified atom stereocenters. The van der Waals surface area contributed by atoms with Crippen LogP contribution in [-0.2, 0) is 0 Å². The third-order valence-electron chi connectivity index (χ3n) is 6.21. The van der Waals surface area contributed by atoms with Crippen molar-refractivity contribution >= 4 is 16.9 Å². The van der Waals surface area contributed by atoms with Gasteiger partial charge in [-0.1, -0.05) is 0 Å². The highest BCUT2D eigenvalue weighted by Gasteiger charge is 2.34. The Balaban J connectivity index is 1.41. The lowest BCUT2D eigenvalue weighted by Gasteiger charge is -2.32. The summed E-state index contributed by atoms with van der Waals surface area (Å²) in [5.74, 6) is 1.70. The molecular formula is C21H24N2OS. The fourth-order valence-electron chi connectivity index (χ4n) is 4.61. The molecule has 0 radical (unpaired) electrons. The van der Waals surface area contributed by atoms with Crippen molar-refractivity contribution in [1.29, 1.82) is 0 Å². The Morgan fingerprint density at radius 2 is 1.88 bits per heavy atom. The third kappa shape index (κ3) is 2.81. The van der Waals surface area contributed by atoms with Gasteiger partial charge in [-0.2, -0.15) is 11.3 Å². The van der Waals surface area contributed by atoms with Crippen molar-refractivity contribution in [3.63, 3.8) is 0 Å². The minimum Gasteiger partial charge on any atom is -0.388 e. The van der Waals surface area contributed by atoms with Gasteiger partial charge in [0.1, 0.15) is 0 Å². The topological polar surface area (TPSA) is 37.5 Å². The average Bonchev–Trinajstić information content (AvgIpc) is 3.15. The van der Waals surface area contributed by atoms with Crippen molar-refractivity contribution in [2.75, 3.05) is 0 Å². The van der Waals surface area contributed by atoms with Gasteiger partial charge in [-0.25, -0.2) is 4.98 Å². The number of rotatable bonds is 4. The number of aromatic nitrogens is 2. The third-order valence-corrected chi connectivity index (χ3v) is 6.92. The van der Waals surface area contributed by atoms with Crippen molar-refractivity contribution in [1.82, 2.24) is 9.38 Å². The Hall–Kier alpha value is -1.65. The molecule has 130 valence electrons. The molecule has 3 nitrogen and oxygen atoms in total. The molecule has 0 aliphatic heterocycles. The van der Waals surface area contributed by atoms with Gasteiger partial charge < -0.3 is 9.51 Å². The summed E-state index contributed by atoms with van der Waals surface area (Å²) >= 11 is 1.79. The Bertz CT molecular complexity index is 857. The first-order chi connectivity index (χ1) is 12.3. The zero-order valence-corrected chi connectivity index (χ0v) is 15.2. The molecule has 5 rings (SSSR count). The molecule has 4 heteroatoms. The van der Waals surface area contributed by atoms with E-state index in [1.807, 2.05) is 12.5 Å². The molecule has 25 heavy (non-hydrogen) atoms. The van der Waals surface area contributed by atoms with Gasteiger partial charge in [0, 0.05) is 11.8 Å². The van der Waals surface area contributed by atoms with Crippen LogP contribution in [0.4, 0.5) is 0 Å². The lowest BCUT2D eigenvalue weighted by Crippen LogP contribution is -2.21. The fraction of sp³-hybridized carbons (Fsp3) is 0.476. The van der Waals surface area contributed by atoms with Gasteiger partial charge in [0.05, 0.1) is 24.1 Å². The zero-order chi connectivity index (χ0) is 16.8. The fourth-order valence-corrected chi connectivity index (χ4v) is 5.36. The van der Waals surface area contributed by atoms with Crippen molar-refractivity contribution in [2.45, 2.75) is 56.5 Å². The standard InChI is InChI=1S/C21H24N2OS/c24-21(16-5-1-14(2-6-16)17-8-10-25-12-17)20-18(15-3-4-15)7-9-23-13-22-11-19(20)23/h7-16,21,24H,1-6H2. The molecule has 3 aromatic heterocycles. The maximum absolute atomic E-state index is 11.3. The van der Waals surface area contributed by atoms with Gasteiger partial charge in [-0.3, -0.25) is 0 Å². The number of fused-ring (bicyclic) bond motifs is 1. The van der Waals surface area contributed by atoms with Crippen LogP contribution in [0.3, 0.4) is 0 Å². The van der Waals surface area contributed by atoms with E-state index >= 15 is 0 Å². The molecule has 0 saturated heterocycles. The molecule has 3 heterocycles. The molecule has 2 aliphatic carbocycles. The molecule has 0 spiro atoms. The van der Waals surface area contributed by atoms with E-state index in [1.165, 1.54) is 36.8 Å². The van der Waals surface area contributed by atoms with E-state index < -0.39 is 0 Å². The van der Waals surface area contributed by atoms with E-state index in [0.717, 1.165) is 23.9 Å². The zero-order valence-electron chi connectivity index (χ0n) is 14.3. The molecule has 0 amide bonds. The van der Waals surface area contributed by atoms with Crippen molar-refractivity contribution in [3.8, 4) is 0 Å². The predicted molar refractivity (Wildman–Crippen MR) is 101 cm³/mol. The van der Waals surface area contributed by atoms with E-state index in [0.29, 0.717) is 17.8 Å². The van der Waals surface area contributed by atoms with E-state index in [1.54, 1.807) is 11.3 Å². The smallest absolute Gasteiger partial charge is 0.0992 e. The van der Waals surface area contributed by atoms with E-state index in [4.69, 9.17) is 0 Å². The molecule has 2 fully saturated rings. The molecule has 0 aromatic carbocycles. The van der Waals surface area contributed by atoms with Crippen LogP contribution in [0.2, 0.25) is 0 Å². The number of nitrogens with zero attached hydrogens (tertiary/aromatic N) is 2. The second-order valence-electron chi connectivity index (χ2n) is 7.76. The number of thiophene rings is 1. The summed E-state index contributed by atoms with van der Waals surface area (Å²) in [6.45, 7) is 0. The highest BCUT2D eigenvalue weighted by atomic mass is 32.1. The number of aliphatic hydroxyl groups is 1. The highest BCUT2D eigenvalue weighted by Crippen LogP contribution is 2.48. The van der Waals surface area contributed by atoms with Gasteiger partial charge in [0.2, 0.25) is 0 Å². The van der Waals surface area contributed by atoms with Crippen LogP contribution < -0.4 is 0 Å². The second-order valence-corrected chi connectivity index (χ2v) is 8.54. The van der Waals surface area contributed by atoms with Crippen LogP contribution >= 0.6 is 11.3 Å². The maximum atomic E-state index is 11.3. The Labute approximate surface area is 152 Å². The summed E-state index contributed by atoms with van der Waals surface area (Å²) in [6.07, 6.45) is 12.6. The Morgan fingerprint density at radius 3 is 2.60 bits per heavy atom. The summed E-state index contributed by atoms with van der Waals surface area (Å²) in [4.78, 5) is 4.31. The monoisotopic (exact) mass is 352 g/mol. The first kappa shape index (κ1) is 15.6. The molecule has 1 atom stereocenters. The van der Waals surface area contributed by atoms with Crippen LogP contribution in [0.25, 0.3) is 5.52 Å². The minimum absolute atomic E-state index is 0.362. The number of hydrogen-bond acceptors (Lipinski definition) is 3. The first-order valence-electron chi connectivity index (χ1n) is 9.46. The van der Waals surface area contributed by atoms with Gasteiger partial charge in [0.25, 0.3) is 0 Å². The molecule has 0 bridgehead atoms. The lowest BCUT2D eigenvalue weighted by atomic mass is 9.75. The SMILES string of the molecule is OC(c1c(C2CC2)ccn2cncc12)C1CCC(c2ccsc2)CC1. The molecule has 1 N–H and O–H groups in total.